The number of H-pyrrole nitrogens is 1. The smallest absolute Gasteiger partial charge is 0.269 e. The van der Waals surface area contributed by atoms with Crippen LogP contribution in [0, 0.1) is 6.92 Å². The summed E-state index contributed by atoms with van der Waals surface area (Å²) >= 11 is 0. The predicted octanol–water partition coefficient (Wildman–Crippen LogP) is 2.66. The summed E-state index contributed by atoms with van der Waals surface area (Å²) in [5, 5.41) is 0.874. The molecule has 1 aromatic heterocycles. The molecule has 4 N–H and O–H groups in total. The van der Waals surface area contributed by atoms with Crippen LogP contribution < -0.4 is 20.5 Å². The second-order valence-corrected chi connectivity index (χ2v) is 11.4. The van der Waals surface area contributed by atoms with Gasteiger partial charge in [-0.1, -0.05) is 35.9 Å². The van der Waals surface area contributed by atoms with Crippen LogP contribution >= 0.6 is 0 Å². The van der Waals surface area contributed by atoms with Crippen LogP contribution in [0.25, 0.3) is 10.9 Å². The van der Waals surface area contributed by atoms with E-state index < -0.39 is 27.9 Å². The fourth-order valence-corrected chi connectivity index (χ4v) is 5.80. The van der Waals surface area contributed by atoms with Crippen LogP contribution in [0.15, 0.2) is 83.9 Å². The third-order valence-corrected chi connectivity index (χ3v) is 8.34. The number of amides is 2. The maximum atomic E-state index is 13.3. The number of benzene rings is 3. The minimum atomic E-state index is -4.03. The van der Waals surface area contributed by atoms with Crippen LogP contribution in [0.4, 0.5) is 5.69 Å². The molecule has 1 saturated heterocycles. The highest BCUT2D eigenvalue weighted by atomic mass is 32.2. The number of rotatable bonds is 8. The third kappa shape index (κ3) is 6.33. The standard InChI is InChI=1S/C29H31N5O5S/c1-20-6-12-24(13-7-20)40(37,38)33-27(18-22-19-30-26-5-3-2-4-25(22)26)29(36)32-31-28(35)21-8-10-23(11-9-21)34-14-16-39-17-15-34/h2-13,19,27,30,33H,14-18H2,1H3,(H,31,35)(H,32,36)/t27-/m0/s1. The largest absolute Gasteiger partial charge is 0.378 e. The number of hydrogen-bond donors (Lipinski definition) is 4. The maximum Gasteiger partial charge on any atom is 0.269 e. The Balaban J connectivity index is 1.30. The predicted molar refractivity (Wildman–Crippen MR) is 152 cm³/mol. The molecule has 10 nitrogen and oxygen atoms in total. The lowest BCUT2D eigenvalue weighted by Crippen LogP contribution is -2.53. The zero-order chi connectivity index (χ0) is 28.1. The highest BCUT2D eigenvalue weighted by molar-refractivity contribution is 7.89. The molecule has 0 radical (unpaired) electrons. The summed E-state index contributed by atoms with van der Waals surface area (Å²) < 4.78 is 34.2. The van der Waals surface area contributed by atoms with E-state index in [0.29, 0.717) is 18.8 Å². The Hall–Kier alpha value is -4.19. The van der Waals surface area contributed by atoms with Crippen molar-refractivity contribution in [3.63, 3.8) is 0 Å². The molecule has 0 aliphatic carbocycles. The average molecular weight is 562 g/mol. The molecule has 0 unspecified atom stereocenters. The van der Waals surface area contributed by atoms with E-state index in [2.05, 4.69) is 25.5 Å². The SMILES string of the molecule is Cc1ccc(S(=O)(=O)N[C@@H](Cc2c[nH]c3ccccc23)C(=O)NNC(=O)c2ccc(N3CCOCC3)cc2)cc1. The molecule has 2 amide bonds. The van der Waals surface area contributed by atoms with E-state index in [0.717, 1.165) is 40.8 Å². The van der Waals surface area contributed by atoms with E-state index in [1.54, 1.807) is 30.5 Å². The van der Waals surface area contributed by atoms with Crippen molar-refractivity contribution in [3.8, 4) is 0 Å². The van der Waals surface area contributed by atoms with Gasteiger partial charge in [-0.3, -0.25) is 20.4 Å². The Morgan fingerprint density at radius 1 is 0.950 bits per heavy atom. The van der Waals surface area contributed by atoms with Crippen LogP contribution in [0.3, 0.4) is 0 Å². The van der Waals surface area contributed by atoms with Crippen LogP contribution in [0.1, 0.15) is 21.5 Å². The molecule has 3 aromatic carbocycles. The van der Waals surface area contributed by atoms with Gasteiger partial charge in [-0.15, -0.1) is 0 Å². The van der Waals surface area contributed by atoms with Crippen LogP contribution in [0.5, 0.6) is 0 Å². The van der Waals surface area contributed by atoms with E-state index in [4.69, 9.17) is 4.74 Å². The third-order valence-electron chi connectivity index (χ3n) is 6.85. The number of hydrogen-bond acceptors (Lipinski definition) is 6. The Labute approximate surface area is 232 Å². The Bertz CT molecular complexity index is 1590. The van der Waals surface area contributed by atoms with E-state index in [1.807, 2.05) is 43.3 Å². The maximum absolute atomic E-state index is 13.3. The van der Waals surface area contributed by atoms with Gasteiger partial charge in [0, 0.05) is 41.4 Å². The van der Waals surface area contributed by atoms with Crippen molar-refractivity contribution >= 4 is 38.4 Å². The Morgan fingerprint density at radius 3 is 2.38 bits per heavy atom. The number of morpholine rings is 1. The second-order valence-electron chi connectivity index (χ2n) is 9.64. The van der Waals surface area contributed by atoms with Crippen molar-refractivity contribution in [1.29, 1.82) is 0 Å². The van der Waals surface area contributed by atoms with Crippen molar-refractivity contribution in [2.24, 2.45) is 0 Å². The number of anilines is 1. The number of sulfonamides is 1. The first kappa shape index (κ1) is 27.4. The molecule has 1 aliphatic heterocycles. The minimum Gasteiger partial charge on any atom is -0.378 e. The molecule has 2 heterocycles. The van der Waals surface area contributed by atoms with E-state index in [-0.39, 0.29) is 11.3 Å². The van der Waals surface area contributed by atoms with Gasteiger partial charge in [-0.25, -0.2) is 8.42 Å². The van der Waals surface area contributed by atoms with Gasteiger partial charge in [0.2, 0.25) is 10.0 Å². The number of hydrazine groups is 1. The summed E-state index contributed by atoms with van der Waals surface area (Å²) in [6.45, 7) is 4.72. The van der Waals surface area contributed by atoms with Crippen molar-refractivity contribution < 1.29 is 22.7 Å². The molecule has 208 valence electrons. The molecule has 1 aliphatic rings. The van der Waals surface area contributed by atoms with Gasteiger partial charge in [0.25, 0.3) is 11.8 Å². The van der Waals surface area contributed by atoms with E-state index in [1.165, 1.54) is 12.1 Å². The number of para-hydroxylation sites is 1. The van der Waals surface area contributed by atoms with Gasteiger partial charge in [-0.05, 0) is 61.4 Å². The molecule has 1 fully saturated rings. The van der Waals surface area contributed by atoms with Gasteiger partial charge in [-0.2, -0.15) is 4.72 Å². The number of aryl methyl sites for hydroxylation is 1. The normalized spacial score (nSPS) is 14.6. The lowest BCUT2D eigenvalue weighted by atomic mass is 10.1. The Morgan fingerprint density at radius 2 is 1.65 bits per heavy atom. The zero-order valence-corrected chi connectivity index (χ0v) is 22.8. The highest BCUT2D eigenvalue weighted by Crippen LogP contribution is 2.20. The number of aromatic amines is 1. The number of fused-ring (bicyclic) bond motifs is 1. The minimum absolute atomic E-state index is 0.0409. The molecule has 4 aromatic rings. The summed E-state index contributed by atoms with van der Waals surface area (Å²) in [6, 6.07) is 19.7. The summed E-state index contributed by atoms with van der Waals surface area (Å²) in [5.74, 6) is -1.21. The number of nitrogens with one attached hydrogen (secondary N) is 4. The van der Waals surface area contributed by atoms with E-state index >= 15 is 0 Å². The van der Waals surface area contributed by atoms with Crippen LogP contribution in [-0.4, -0.2) is 57.6 Å². The van der Waals surface area contributed by atoms with Gasteiger partial charge in [0.05, 0.1) is 18.1 Å². The number of carbonyl (C=O) groups is 2. The molecule has 5 rings (SSSR count). The highest BCUT2D eigenvalue weighted by Gasteiger charge is 2.27. The molecule has 40 heavy (non-hydrogen) atoms. The quantitative estimate of drug-likeness (QED) is 0.245. The molecule has 1 atom stereocenters. The van der Waals surface area contributed by atoms with Gasteiger partial charge >= 0.3 is 0 Å². The molecular weight excluding hydrogens is 530 g/mol. The number of aromatic nitrogens is 1. The fourth-order valence-electron chi connectivity index (χ4n) is 4.60. The van der Waals surface area contributed by atoms with Crippen molar-refractivity contribution in [3.05, 3.63) is 95.7 Å². The first-order chi connectivity index (χ1) is 19.3. The van der Waals surface area contributed by atoms with Crippen molar-refractivity contribution in [1.82, 2.24) is 20.6 Å². The van der Waals surface area contributed by atoms with Crippen molar-refractivity contribution in [2.75, 3.05) is 31.2 Å². The van der Waals surface area contributed by atoms with Gasteiger partial charge in [0.1, 0.15) is 6.04 Å². The molecular formula is C29H31N5O5S. The summed E-state index contributed by atoms with van der Waals surface area (Å²) in [5.41, 5.74) is 8.68. The molecule has 0 spiro atoms. The zero-order valence-electron chi connectivity index (χ0n) is 22.0. The lowest BCUT2D eigenvalue weighted by molar-refractivity contribution is -0.123. The summed E-state index contributed by atoms with van der Waals surface area (Å²) in [4.78, 5) is 31.4. The Kier molecular flexibility index (Phi) is 8.15. The summed E-state index contributed by atoms with van der Waals surface area (Å²) in [7, 11) is -4.03. The van der Waals surface area contributed by atoms with Gasteiger partial charge < -0.3 is 14.6 Å². The topological polar surface area (TPSA) is 133 Å². The molecule has 0 saturated carbocycles. The number of nitrogens with zero attached hydrogens (tertiary/aromatic N) is 1. The first-order valence-corrected chi connectivity index (χ1v) is 14.5. The fraction of sp³-hybridized carbons (Fsp3) is 0.241. The monoisotopic (exact) mass is 561 g/mol. The average Bonchev–Trinajstić information content (AvgIpc) is 3.38. The van der Waals surface area contributed by atoms with Gasteiger partial charge in [0.15, 0.2) is 0 Å². The second kappa shape index (κ2) is 11.9. The molecule has 0 bridgehead atoms. The summed E-state index contributed by atoms with van der Waals surface area (Å²) in [6.07, 6.45) is 1.81. The number of ether oxygens (including phenoxy) is 1. The molecule has 11 heteroatoms. The first-order valence-electron chi connectivity index (χ1n) is 13.0. The number of carbonyl (C=O) groups excluding carboxylic acids is 2. The van der Waals surface area contributed by atoms with Crippen LogP contribution in [0.2, 0.25) is 0 Å². The van der Waals surface area contributed by atoms with E-state index in [9.17, 15) is 18.0 Å². The lowest BCUT2D eigenvalue weighted by Gasteiger charge is -2.28. The van der Waals surface area contributed by atoms with Crippen molar-refractivity contribution in [2.45, 2.75) is 24.3 Å². The van der Waals surface area contributed by atoms with Crippen LogP contribution in [-0.2, 0) is 26.0 Å².